The molecule has 1 unspecified atom stereocenters. The zero-order valence-corrected chi connectivity index (χ0v) is 12.9. The number of hydrogen-bond donors (Lipinski definition) is 0. The molecule has 2 rings (SSSR count). The van der Waals surface area contributed by atoms with Crippen molar-refractivity contribution in [2.45, 2.75) is 12.1 Å². The molecule has 0 fully saturated rings. The molecule has 2 aromatic rings. The molecule has 0 saturated carbocycles. The van der Waals surface area contributed by atoms with Gasteiger partial charge < -0.3 is 4.55 Å². The van der Waals surface area contributed by atoms with Gasteiger partial charge in [0.05, 0.1) is 11.0 Å². The number of aromatic nitrogens is 2. The molecular formula is C9H7N2NaO3S2. The fraction of sp³-hybridized carbons (Fsp3) is 0.111. The van der Waals surface area contributed by atoms with Gasteiger partial charge in [-0.2, -0.15) is 0 Å². The van der Waals surface area contributed by atoms with Crippen molar-refractivity contribution in [3.8, 4) is 0 Å². The van der Waals surface area contributed by atoms with Gasteiger partial charge >= 0.3 is 29.6 Å². The van der Waals surface area contributed by atoms with E-state index in [0.29, 0.717) is 11.0 Å². The Labute approximate surface area is 125 Å². The van der Waals surface area contributed by atoms with Gasteiger partial charge in [-0.25, -0.2) is 4.98 Å². The number of hydrogen-bond acceptors (Lipinski definition) is 5. The first-order valence-electron chi connectivity index (χ1n) is 4.35. The van der Waals surface area contributed by atoms with E-state index in [0.717, 1.165) is 4.57 Å². The SMILES string of the molecule is CC(=O)n1c(S(=O)([O-])=S)nc2ccccc21.[Na+]. The van der Waals surface area contributed by atoms with Crippen molar-refractivity contribution in [1.29, 1.82) is 0 Å². The van der Waals surface area contributed by atoms with E-state index in [9.17, 15) is 13.6 Å². The Morgan fingerprint density at radius 1 is 1.47 bits per heavy atom. The topological polar surface area (TPSA) is 75.0 Å². The summed E-state index contributed by atoms with van der Waals surface area (Å²) in [6.45, 7) is 1.26. The first-order chi connectivity index (χ1) is 7.41. The summed E-state index contributed by atoms with van der Waals surface area (Å²) in [4.78, 5) is 15.3. The van der Waals surface area contributed by atoms with Gasteiger partial charge in [0, 0.05) is 15.7 Å². The number of nitrogens with zero attached hydrogens (tertiary/aromatic N) is 2. The number of imidazole rings is 1. The summed E-state index contributed by atoms with van der Waals surface area (Å²) in [6.07, 6.45) is 0. The minimum atomic E-state index is -3.93. The number of carbonyl (C=O) groups excluding carboxylic acids is 1. The Kier molecular flexibility index (Phi) is 4.45. The molecule has 17 heavy (non-hydrogen) atoms. The Morgan fingerprint density at radius 3 is 2.59 bits per heavy atom. The molecule has 5 nitrogen and oxygen atoms in total. The molecule has 0 bridgehead atoms. The standard InChI is InChI=1S/C9H8N2O3S2.Na/c1-6(12)11-8-5-3-2-4-7(8)10-9(11)16(13,14)15;/h2-5H,1H3,(H,13,14,15);/q;+1/p-1. The van der Waals surface area contributed by atoms with Gasteiger partial charge in [0.2, 0.25) is 5.91 Å². The normalized spacial score (nSPS) is 14.0. The second-order valence-corrected chi connectivity index (χ2v) is 5.78. The van der Waals surface area contributed by atoms with Gasteiger partial charge in [0.25, 0.3) is 0 Å². The Morgan fingerprint density at radius 2 is 2.06 bits per heavy atom. The largest absolute Gasteiger partial charge is 1.00 e. The molecule has 1 atom stereocenters. The third-order valence-corrected chi connectivity index (χ3v) is 3.24. The van der Waals surface area contributed by atoms with Gasteiger partial charge in [-0.05, 0) is 23.3 Å². The summed E-state index contributed by atoms with van der Waals surface area (Å²) in [5.41, 5.74) is 0.875. The van der Waals surface area contributed by atoms with E-state index in [-0.39, 0.29) is 29.6 Å². The summed E-state index contributed by atoms with van der Waals surface area (Å²) in [6, 6.07) is 6.65. The monoisotopic (exact) mass is 278 g/mol. The molecule has 1 aromatic heterocycles. The number of fused-ring (bicyclic) bond motifs is 1. The van der Waals surface area contributed by atoms with Crippen molar-refractivity contribution in [3.63, 3.8) is 0 Å². The number of carbonyl (C=O) groups is 1. The van der Waals surface area contributed by atoms with E-state index >= 15 is 0 Å². The fourth-order valence-corrected chi connectivity index (χ4v) is 2.47. The molecule has 0 aliphatic heterocycles. The molecule has 0 radical (unpaired) electrons. The van der Waals surface area contributed by atoms with Crippen molar-refractivity contribution in [2.24, 2.45) is 0 Å². The average molecular weight is 278 g/mol. The molecule has 1 aromatic carbocycles. The first kappa shape index (κ1) is 14.7. The second-order valence-electron chi connectivity index (χ2n) is 3.19. The van der Waals surface area contributed by atoms with Gasteiger partial charge in [-0.1, -0.05) is 12.1 Å². The summed E-state index contributed by atoms with van der Waals surface area (Å²) >= 11 is 4.34. The smallest absolute Gasteiger partial charge is 0.763 e. The van der Waals surface area contributed by atoms with Crippen LogP contribution in [0.5, 0.6) is 0 Å². The molecular weight excluding hydrogens is 271 g/mol. The van der Waals surface area contributed by atoms with Crippen molar-refractivity contribution < 1.29 is 43.1 Å². The van der Waals surface area contributed by atoms with Crippen LogP contribution in [0.3, 0.4) is 0 Å². The van der Waals surface area contributed by atoms with Crippen LogP contribution in [0, 0.1) is 0 Å². The van der Waals surface area contributed by atoms with Crippen molar-refractivity contribution in [3.05, 3.63) is 24.3 Å². The summed E-state index contributed by atoms with van der Waals surface area (Å²) in [5, 5.41) is -0.392. The van der Waals surface area contributed by atoms with Crippen LogP contribution in [0.2, 0.25) is 0 Å². The molecule has 0 N–H and O–H groups in total. The third-order valence-electron chi connectivity index (χ3n) is 2.07. The molecule has 8 heteroatoms. The van der Waals surface area contributed by atoms with Crippen LogP contribution < -0.4 is 29.6 Å². The minimum absolute atomic E-state index is 0. The van der Waals surface area contributed by atoms with E-state index in [1.54, 1.807) is 24.3 Å². The number of para-hydroxylation sites is 2. The molecule has 0 spiro atoms. The Balaban J connectivity index is 0.00000144. The van der Waals surface area contributed by atoms with Gasteiger partial charge in [-0.3, -0.25) is 13.6 Å². The van der Waals surface area contributed by atoms with E-state index < -0.39 is 19.8 Å². The predicted molar refractivity (Wildman–Crippen MR) is 60.6 cm³/mol. The maximum Gasteiger partial charge on any atom is 1.00 e. The van der Waals surface area contributed by atoms with Gasteiger partial charge in [-0.15, -0.1) is 0 Å². The molecule has 0 saturated heterocycles. The summed E-state index contributed by atoms with van der Waals surface area (Å²) in [5.74, 6) is -0.433. The minimum Gasteiger partial charge on any atom is -0.763 e. The van der Waals surface area contributed by atoms with Gasteiger partial charge in [0.15, 0.2) is 5.16 Å². The van der Waals surface area contributed by atoms with Crippen molar-refractivity contribution in [1.82, 2.24) is 9.55 Å². The molecule has 0 aliphatic rings. The number of rotatable bonds is 1. The average Bonchev–Trinajstić information content (AvgIpc) is 2.55. The van der Waals surface area contributed by atoms with Crippen molar-refractivity contribution in [2.75, 3.05) is 0 Å². The van der Waals surface area contributed by atoms with E-state index in [2.05, 4.69) is 16.2 Å². The van der Waals surface area contributed by atoms with Gasteiger partial charge in [0.1, 0.15) is 0 Å². The fourth-order valence-electron chi connectivity index (χ4n) is 1.48. The molecule has 0 amide bonds. The van der Waals surface area contributed by atoms with E-state index in [1.807, 2.05) is 0 Å². The summed E-state index contributed by atoms with van der Waals surface area (Å²) < 4.78 is 23.6. The maximum absolute atomic E-state index is 11.4. The van der Waals surface area contributed by atoms with Crippen LogP contribution in [-0.4, -0.2) is 24.2 Å². The van der Waals surface area contributed by atoms with E-state index in [1.165, 1.54) is 6.92 Å². The molecule has 1 heterocycles. The Hall–Kier alpha value is -0.310. The van der Waals surface area contributed by atoms with Crippen LogP contribution in [-0.2, 0) is 20.0 Å². The third kappa shape index (κ3) is 2.75. The first-order valence-corrected chi connectivity index (χ1v) is 6.76. The maximum atomic E-state index is 11.4. The molecule has 0 aliphatic carbocycles. The van der Waals surface area contributed by atoms with Crippen LogP contribution in [0.1, 0.15) is 11.7 Å². The second kappa shape index (κ2) is 5.13. The van der Waals surface area contributed by atoms with Crippen LogP contribution in [0.25, 0.3) is 11.0 Å². The van der Waals surface area contributed by atoms with Crippen LogP contribution >= 0.6 is 0 Å². The zero-order valence-electron chi connectivity index (χ0n) is 9.25. The van der Waals surface area contributed by atoms with E-state index in [4.69, 9.17) is 0 Å². The number of benzene rings is 1. The summed E-state index contributed by atoms with van der Waals surface area (Å²) in [7, 11) is -3.93. The predicted octanol–water partition coefficient (Wildman–Crippen LogP) is -2.06. The quantitative estimate of drug-likeness (QED) is 0.561. The Bertz CT molecular complexity index is 679. The van der Waals surface area contributed by atoms with Crippen LogP contribution in [0.4, 0.5) is 0 Å². The van der Waals surface area contributed by atoms with Crippen molar-refractivity contribution >= 4 is 36.9 Å². The van der Waals surface area contributed by atoms with Crippen LogP contribution in [0.15, 0.2) is 29.4 Å². The zero-order chi connectivity index (χ0) is 11.9. The molecule has 84 valence electrons.